The summed E-state index contributed by atoms with van der Waals surface area (Å²) in [6.45, 7) is 3.09. The van der Waals surface area contributed by atoms with Crippen LogP contribution in [0.15, 0.2) is 36.4 Å². The molecule has 1 aliphatic heterocycles. The molecule has 0 atom stereocenters. The Balaban J connectivity index is 2.21. The minimum atomic E-state index is -3.60. The fraction of sp³-hybridized carbons (Fsp3) is 0.235. The molecule has 0 aromatic heterocycles. The maximum absolute atomic E-state index is 14.8. The van der Waals surface area contributed by atoms with Crippen molar-refractivity contribution in [1.29, 1.82) is 0 Å². The van der Waals surface area contributed by atoms with Gasteiger partial charge in [-0.1, -0.05) is 17.7 Å². The van der Waals surface area contributed by atoms with Gasteiger partial charge in [-0.15, -0.1) is 0 Å². The Morgan fingerprint density at radius 3 is 2.54 bits per heavy atom. The number of carbonyl (C=O) groups excluding carboxylic acids is 1. The van der Waals surface area contributed by atoms with E-state index in [1.54, 1.807) is 32.0 Å². The quantitative estimate of drug-likeness (QED) is 0.855. The van der Waals surface area contributed by atoms with Crippen LogP contribution in [-0.2, 0) is 14.8 Å². The molecule has 1 aliphatic rings. The number of amides is 1. The summed E-state index contributed by atoms with van der Waals surface area (Å²) in [4.78, 5) is 14.1. The zero-order valence-corrected chi connectivity index (χ0v) is 15.8. The van der Waals surface area contributed by atoms with Gasteiger partial charge in [-0.05, 0) is 32.0 Å². The third-order valence-electron chi connectivity index (χ3n) is 3.70. The Hall–Kier alpha value is -2.32. The predicted octanol–water partition coefficient (Wildman–Crippen LogP) is 3.69. The van der Waals surface area contributed by atoms with E-state index in [9.17, 15) is 17.6 Å². The van der Waals surface area contributed by atoms with Gasteiger partial charge in [-0.3, -0.25) is 14.4 Å². The average molecular weight is 399 g/mol. The van der Waals surface area contributed by atoms with E-state index in [4.69, 9.17) is 16.3 Å². The molecule has 6 nitrogen and oxygen atoms in total. The molecule has 0 spiro atoms. The van der Waals surface area contributed by atoms with E-state index in [1.807, 2.05) is 0 Å². The molecule has 0 aliphatic carbocycles. The fourth-order valence-corrected chi connectivity index (χ4v) is 3.42. The number of sulfonamides is 1. The largest absolute Gasteiger partial charge is 0.476 e. The van der Waals surface area contributed by atoms with E-state index in [0.29, 0.717) is 10.7 Å². The van der Waals surface area contributed by atoms with Gasteiger partial charge >= 0.3 is 0 Å². The first-order valence-corrected chi connectivity index (χ1v) is 9.85. The number of nitrogens with zero attached hydrogens (tertiary/aromatic N) is 1. The van der Waals surface area contributed by atoms with Gasteiger partial charge in [-0.25, -0.2) is 12.8 Å². The van der Waals surface area contributed by atoms with E-state index in [-0.39, 0.29) is 17.1 Å². The molecule has 0 fully saturated rings. The molecular formula is C17H16ClFN2O4S. The summed E-state index contributed by atoms with van der Waals surface area (Å²) in [6.07, 6.45) is 0.955. The normalized spacial score (nSPS) is 16.0. The van der Waals surface area contributed by atoms with Gasteiger partial charge in [0.2, 0.25) is 10.0 Å². The number of benzene rings is 2. The number of halogens is 2. The SMILES string of the molecule is CC1(C)Oc2cc(NS(C)(=O)=O)cc(F)c2N(c2cccc(Cl)c2)C1=O. The van der Waals surface area contributed by atoms with Gasteiger partial charge in [-0.2, -0.15) is 0 Å². The summed E-state index contributed by atoms with van der Waals surface area (Å²) in [6, 6.07) is 8.77. The monoisotopic (exact) mass is 398 g/mol. The zero-order valence-electron chi connectivity index (χ0n) is 14.2. The Morgan fingerprint density at radius 2 is 1.92 bits per heavy atom. The van der Waals surface area contributed by atoms with Crippen molar-refractivity contribution in [3.63, 3.8) is 0 Å². The topological polar surface area (TPSA) is 75.7 Å². The van der Waals surface area contributed by atoms with Gasteiger partial charge in [0.05, 0.1) is 17.6 Å². The van der Waals surface area contributed by atoms with Crippen molar-refractivity contribution < 1.29 is 22.3 Å². The number of ether oxygens (including phenoxy) is 1. The highest BCUT2D eigenvalue weighted by molar-refractivity contribution is 7.92. The smallest absolute Gasteiger partial charge is 0.275 e. The van der Waals surface area contributed by atoms with Crippen molar-refractivity contribution in [2.24, 2.45) is 0 Å². The Bertz CT molecular complexity index is 1010. The number of anilines is 3. The Morgan fingerprint density at radius 1 is 1.23 bits per heavy atom. The second kappa shape index (κ2) is 6.14. The van der Waals surface area contributed by atoms with Gasteiger partial charge in [0.25, 0.3) is 5.91 Å². The molecule has 2 aromatic carbocycles. The number of rotatable bonds is 3. The van der Waals surface area contributed by atoms with Crippen LogP contribution in [0.5, 0.6) is 5.75 Å². The van der Waals surface area contributed by atoms with E-state index < -0.39 is 27.3 Å². The van der Waals surface area contributed by atoms with Crippen molar-refractivity contribution in [2.75, 3.05) is 15.9 Å². The number of fused-ring (bicyclic) bond motifs is 1. The molecule has 2 aromatic rings. The molecule has 9 heteroatoms. The van der Waals surface area contributed by atoms with Gasteiger partial charge in [0, 0.05) is 17.2 Å². The van der Waals surface area contributed by atoms with Crippen LogP contribution in [0.2, 0.25) is 5.02 Å². The maximum Gasteiger partial charge on any atom is 0.275 e. The van der Waals surface area contributed by atoms with Crippen LogP contribution >= 0.6 is 11.6 Å². The summed E-state index contributed by atoms with van der Waals surface area (Å²) < 4.78 is 45.5. The lowest BCUT2D eigenvalue weighted by Gasteiger charge is -2.39. The van der Waals surface area contributed by atoms with Crippen LogP contribution in [-0.4, -0.2) is 26.2 Å². The molecule has 3 rings (SSSR count). The predicted molar refractivity (Wildman–Crippen MR) is 98.2 cm³/mol. The third-order valence-corrected chi connectivity index (χ3v) is 4.55. The van der Waals surface area contributed by atoms with Gasteiger partial charge in [0.1, 0.15) is 11.4 Å². The number of hydrogen-bond acceptors (Lipinski definition) is 4. The van der Waals surface area contributed by atoms with Crippen molar-refractivity contribution in [1.82, 2.24) is 0 Å². The first kappa shape index (κ1) is 18.5. The van der Waals surface area contributed by atoms with Crippen LogP contribution in [0.1, 0.15) is 13.8 Å². The molecule has 0 bridgehead atoms. The lowest BCUT2D eigenvalue weighted by molar-refractivity contribution is -0.131. The Labute approximate surface area is 155 Å². The second-order valence-electron chi connectivity index (χ2n) is 6.41. The number of carbonyl (C=O) groups is 1. The highest BCUT2D eigenvalue weighted by Gasteiger charge is 2.43. The Kier molecular flexibility index (Phi) is 4.36. The molecule has 0 saturated carbocycles. The van der Waals surface area contributed by atoms with Crippen LogP contribution in [0, 0.1) is 5.82 Å². The summed E-state index contributed by atoms with van der Waals surface area (Å²) >= 11 is 6.01. The summed E-state index contributed by atoms with van der Waals surface area (Å²) in [5.41, 5.74) is -1.01. The minimum Gasteiger partial charge on any atom is -0.476 e. The lowest BCUT2D eigenvalue weighted by Crippen LogP contribution is -2.50. The van der Waals surface area contributed by atoms with Crippen LogP contribution in [0.25, 0.3) is 0 Å². The van der Waals surface area contributed by atoms with E-state index >= 15 is 0 Å². The maximum atomic E-state index is 14.8. The molecule has 1 heterocycles. The van der Waals surface area contributed by atoms with E-state index in [2.05, 4.69) is 4.72 Å². The van der Waals surface area contributed by atoms with Crippen LogP contribution in [0.4, 0.5) is 21.5 Å². The standard InChI is InChI=1S/C17H16ClFN2O4S/c1-17(2)16(22)21(12-6-4-5-10(18)7-12)15-13(19)8-11(9-14(15)25-17)20-26(3,23)24/h4-9,20H,1-3H3. The molecule has 1 N–H and O–H groups in total. The number of nitrogens with one attached hydrogen (secondary N) is 1. The summed E-state index contributed by atoms with van der Waals surface area (Å²) in [5.74, 6) is -1.24. The summed E-state index contributed by atoms with van der Waals surface area (Å²) in [7, 11) is -3.60. The van der Waals surface area contributed by atoms with Gasteiger partial charge in [0.15, 0.2) is 11.4 Å². The lowest BCUT2D eigenvalue weighted by atomic mass is 10.0. The van der Waals surface area contributed by atoms with Crippen molar-refractivity contribution in [3.8, 4) is 5.75 Å². The first-order chi connectivity index (χ1) is 12.0. The minimum absolute atomic E-state index is 0.0000527. The molecule has 0 unspecified atom stereocenters. The third kappa shape index (κ3) is 3.47. The molecule has 26 heavy (non-hydrogen) atoms. The molecule has 0 radical (unpaired) electrons. The van der Waals surface area contributed by atoms with Crippen molar-refractivity contribution in [3.05, 3.63) is 47.2 Å². The second-order valence-corrected chi connectivity index (χ2v) is 8.60. The molecule has 0 saturated heterocycles. The van der Waals surface area contributed by atoms with Crippen molar-refractivity contribution >= 4 is 44.6 Å². The van der Waals surface area contributed by atoms with E-state index in [0.717, 1.165) is 12.3 Å². The van der Waals surface area contributed by atoms with E-state index in [1.165, 1.54) is 17.0 Å². The highest BCUT2D eigenvalue weighted by atomic mass is 35.5. The molecule has 1 amide bonds. The molecule has 138 valence electrons. The fourth-order valence-electron chi connectivity index (χ4n) is 2.69. The average Bonchev–Trinajstić information content (AvgIpc) is 2.47. The zero-order chi connectivity index (χ0) is 19.3. The van der Waals surface area contributed by atoms with Crippen LogP contribution in [0.3, 0.4) is 0 Å². The molecular weight excluding hydrogens is 383 g/mol. The number of hydrogen-bond donors (Lipinski definition) is 1. The first-order valence-electron chi connectivity index (χ1n) is 7.58. The van der Waals surface area contributed by atoms with Gasteiger partial charge < -0.3 is 4.74 Å². The summed E-state index contributed by atoms with van der Waals surface area (Å²) in [5, 5.41) is 0.386. The van der Waals surface area contributed by atoms with Crippen LogP contribution < -0.4 is 14.4 Å². The van der Waals surface area contributed by atoms with Crippen molar-refractivity contribution in [2.45, 2.75) is 19.4 Å². The highest BCUT2D eigenvalue weighted by Crippen LogP contribution is 2.45.